The molecule has 0 bridgehead atoms. The number of aromatic amines is 1. The lowest BCUT2D eigenvalue weighted by molar-refractivity contribution is 0.0734. The summed E-state index contributed by atoms with van der Waals surface area (Å²) in [5.74, 6) is 0.0876. The third kappa shape index (κ3) is 2.47. The predicted molar refractivity (Wildman–Crippen MR) is 95.6 cm³/mol. The number of nitrogens with one attached hydrogen (secondary N) is 1. The highest BCUT2D eigenvalue weighted by Gasteiger charge is 2.25. The van der Waals surface area contributed by atoms with E-state index in [1.165, 1.54) is 27.7 Å². The molecule has 0 spiro atoms. The standard InChI is InChI=1S/C19H17BrN2O/c1-12-6-7-13-15-11-22(9-8-17(15)21-18(13)10-12)19(23)14-4-2-3-5-16(14)20/h2-7,10,21H,8-9,11H2,1H3. The number of carbonyl (C=O) groups is 1. The second-order valence-corrected chi connectivity index (χ2v) is 6.94. The molecule has 4 rings (SSSR count). The van der Waals surface area contributed by atoms with Gasteiger partial charge in [0, 0.05) is 46.1 Å². The molecule has 0 saturated heterocycles. The zero-order chi connectivity index (χ0) is 16.0. The molecular formula is C19H17BrN2O. The summed E-state index contributed by atoms with van der Waals surface area (Å²) in [7, 11) is 0. The molecule has 3 aromatic rings. The summed E-state index contributed by atoms with van der Waals surface area (Å²) in [6, 6.07) is 14.1. The highest BCUT2D eigenvalue weighted by atomic mass is 79.9. The minimum absolute atomic E-state index is 0.0876. The lowest BCUT2D eigenvalue weighted by Crippen LogP contribution is -2.35. The van der Waals surface area contributed by atoms with Gasteiger partial charge in [-0.05, 0) is 46.6 Å². The van der Waals surface area contributed by atoms with Gasteiger partial charge in [-0.25, -0.2) is 0 Å². The number of fused-ring (bicyclic) bond motifs is 3. The molecule has 116 valence electrons. The lowest BCUT2D eigenvalue weighted by Gasteiger charge is -2.27. The minimum atomic E-state index is 0.0876. The van der Waals surface area contributed by atoms with Gasteiger partial charge in [-0.3, -0.25) is 4.79 Å². The van der Waals surface area contributed by atoms with Gasteiger partial charge in [0.15, 0.2) is 0 Å². The fourth-order valence-electron chi connectivity index (χ4n) is 3.31. The second-order valence-electron chi connectivity index (χ2n) is 6.09. The van der Waals surface area contributed by atoms with Crippen LogP contribution in [0.4, 0.5) is 0 Å². The first kappa shape index (κ1) is 14.5. The molecule has 23 heavy (non-hydrogen) atoms. The summed E-state index contributed by atoms with van der Waals surface area (Å²) >= 11 is 3.48. The molecule has 1 aliphatic heterocycles. The smallest absolute Gasteiger partial charge is 0.255 e. The van der Waals surface area contributed by atoms with Crippen molar-refractivity contribution in [2.75, 3.05) is 6.54 Å². The number of hydrogen-bond donors (Lipinski definition) is 1. The molecule has 0 unspecified atom stereocenters. The predicted octanol–water partition coefficient (Wildman–Crippen LogP) is 4.44. The molecule has 0 aliphatic carbocycles. The Balaban J connectivity index is 1.70. The van der Waals surface area contributed by atoms with E-state index in [-0.39, 0.29) is 5.91 Å². The van der Waals surface area contributed by atoms with Gasteiger partial charge in [0.25, 0.3) is 5.91 Å². The van der Waals surface area contributed by atoms with Crippen molar-refractivity contribution in [3.63, 3.8) is 0 Å². The van der Waals surface area contributed by atoms with Crippen molar-refractivity contribution >= 4 is 32.7 Å². The molecule has 2 heterocycles. The third-order valence-corrected chi connectivity index (χ3v) is 5.21. The van der Waals surface area contributed by atoms with Crippen molar-refractivity contribution in [1.29, 1.82) is 0 Å². The van der Waals surface area contributed by atoms with Crippen molar-refractivity contribution in [2.24, 2.45) is 0 Å². The molecule has 4 heteroatoms. The Bertz CT molecular complexity index is 913. The van der Waals surface area contributed by atoms with E-state index in [1.54, 1.807) is 0 Å². The zero-order valence-electron chi connectivity index (χ0n) is 12.9. The molecular weight excluding hydrogens is 352 g/mol. The van der Waals surface area contributed by atoms with Crippen LogP contribution >= 0.6 is 15.9 Å². The number of amides is 1. The number of aryl methyl sites for hydroxylation is 1. The average Bonchev–Trinajstić information content (AvgIpc) is 2.91. The van der Waals surface area contributed by atoms with E-state index in [2.05, 4.69) is 46.0 Å². The van der Waals surface area contributed by atoms with Crippen LogP contribution < -0.4 is 0 Å². The molecule has 3 nitrogen and oxygen atoms in total. The Labute approximate surface area is 143 Å². The summed E-state index contributed by atoms with van der Waals surface area (Å²) in [5, 5.41) is 1.23. The Morgan fingerprint density at radius 1 is 1.22 bits per heavy atom. The zero-order valence-corrected chi connectivity index (χ0v) is 14.5. The summed E-state index contributed by atoms with van der Waals surface area (Å²) in [6.45, 7) is 3.51. The van der Waals surface area contributed by atoms with Gasteiger partial charge in [-0.1, -0.05) is 24.3 Å². The Morgan fingerprint density at radius 3 is 2.87 bits per heavy atom. The molecule has 0 fully saturated rings. The fourth-order valence-corrected chi connectivity index (χ4v) is 3.77. The van der Waals surface area contributed by atoms with Crippen molar-refractivity contribution < 1.29 is 4.79 Å². The number of halogens is 1. The van der Waals surface area contributed by atoms with Crippen LogP contribution in [0.2, 0.25) is 0 Å². The van der Waals surface area contributed by atoms with Crippen LogP contribution in [-0.2, 0) is 13.0 Å². The van der Waals surface area contributed by atoms with Crippen LogP contribution in [0.1, 0.15) is 27.2 Å². The van der Waals surface area contributed by atoms with Crippen LogP contribution in [-0.4, -0.2) is 22.3 Å². The van der Waals surface area contributed by atoms with Gasteiger partial charge in [-0.15, -0.1) is 0 Å². The minimum Gasteiger partial charge on any atom is -0.358 e. The molecule has 2 aromatic carbocycles. The van der Waals surface area contributed by atoms with Crippen LogP contribution in [0.15, 0.2) is 46.9 Å². The van der Waals surface area contributed by atoms with E-state index in [0.717, 1.165) is 23.0 Å². The van der Waals surface area contributed by atoms with Gasteiger partial charge in [0.05, 0.1) is 5.56 Å². The van der Waals surface area contributed by atoms with Gasteiger partial charge in [-0.2, -0.15) is 0 Å². The first-order chi connectivity index (χ1) is 11.1. The summed E-state index contributed by atoms with van der Waals surface area (Å²) < 4.78 is 0.852. The Morgan fingerprint density at radius 2 is 2.04 bits per heavy atom. The van der Waals surface area contributed by atoms with Crippen molar-refractivity contribution in [3.8, 4) is 0 Å². The fraction of sp³-hybridized carbons (Fsp3) is 0.211. The van der Waals surface area contributed by atoms with E-state index in [9.17, 15) is 4.79 Å². The average molecular weight is 369 g/mol. The largest absolute Gasteiger partial charge is 0.358 e. The van der Waals surface area contributed by atoms with Gasteiger partial charge in [0.2, 0.25) is 0 Å². The number of rotatable bonds is 1. The van der Waals surface area contributed by atoms with E-state index in [4.69, 9.17) is 0 Å². The number of H-pyrrole nitrogens is 1. The molecule has 1 aliphatic rings. The van der Waals surface area contributed by atoms with Crippen molar-refractivity contribution in [1.82, 2.24) is 9.88 Å². The van der Waals surface area contributed by atoms with Crippen molar-refractivity contribution in [2.45, 2.75) is 19.9 Å². The normalized spacial score (nSPS) is 14.1. The number of aromatic nitrogens is 1. The quantitative estimate of drug-likeness (QED) is 0.677. The maximum absolute atomic E-state index is 12.8. The van der Waals surface area contributed by atoms with Crippen LogP contribution in [0.3, 0.4) is 0 Å². The summed E-state index contributed by atoms with van der Waals surface area (Å²) in [6.07, 6.45) is 0.874. The van der Waals surface area contributed by atoms with E-state index in [0.29, 0.717) is 6.54 Å². The third-order valence-electron chi connectivity index (χ3n) is 4.52. The monoisotopic (exact) mass is 368 g/mol. The number of carbonyl (C=O) groups excluding carboxylic acids is 1. The number of benzene rings is 2. The van der Waals surface area contributed by atoms with E-state index in [1.807, 2.05) is 29.2 Å². The SMILES string of the molecule is Cc1ccc2c3c([nH]c2c1)CCN(C(=O)c1ccccc1Br)C3. The van der Waals surface area contributed by atoms with Gasteiger partial charge in [0.1, 0.15) is 0 Å². The summed E-state index contributed by atoms with van der Waals surface area (Å²) in [5.41, 5.74) is 5.67. The van der Waals surface area contributed by atoms with E-state index < -0.39 is 0 Å². The highest BCUT2D eigenvalue weighted by Crippen LogP contribution is 2.29. The molecule has 1 aromatic heterocycles. The maximum atomic E-state index is 12.8. The van der Waals surface area contributed by atoms with E-state index >= 15 is 0 Å². The van der Waals surface area contributed by atoms with Gasteiger partial charge < -0.3 is 9.88 Å². The lowest BCUT2D eigenvalue weighted by atomic mass is 10.0. The molecule has 0 atom stereocenters. The van der Waals surface area contributed by atoms with Crippen LogP contribution in [0.5, 0.6) is 0 Å². The molecule has 1 N–H and O–H groups in total. The Hall–Kier alpha value is -2.07. The number of nitrogens with zero attached hydrogens (tertiary/aromatic N) is 1. The van der Waals surface area contributed by atoms with Gasteiger partial charge >= 0.3 is 0 Å². The first-order valence-corrected chi connectivity index (χ1v) is 8.56. The highest BCUT2D eigenvalue weighted by molar-refractivity contribution is 9.10. The summed E-state index contributed by atoms with van der Waals surface area (Å²) in [4.78, 5) is 18.3. The number of hydrogen-bond acceptors (Lipinski definition) is 1. The molecule has 1 amide bonds. The molecule has 0 saturated carbocycles. The van der Waals surface area contributed by atoms with Crippen molar-refractivity contribution in [3.05, 3.63) is 69.3 Å². The topological polar surface area (TPSA) is 36.1 Å². The van der Waals surface area contributed by atoms with Crippen LogP contribution in [0, 0.1) is 6.92 Å². The first-order valence-electron chi connectivity index (χ1n) is 7.77. The molecule has 0 radical (unpaired) electrons. The maximum Gasteiger partial charge on any atom is 0.255 e. The van der Waals surface area contributed by atoms with Crippen LogP contribution in [0.25, 0.3) is 10.9 Å². The second kappa shape index (κ2) is 5.53. The Kier molecular flexibility index (Phi) is 3.49.